The molecule has 1 aliphatic heterocycles. The van der Waals surface area contributed by atoms with Gasteiger partial charge in [0.1, 0.15) is 0 Å². The van der Waals surface area contributed by atoms with E-state index in [1.54, 1.807) is 7.11 Å². The average molecular weight is 248 g/mol. The van der Waals surface area contributed by atoms with Crippen molar-refractivity contribution < 1.29 is 4.74 Å². The largest absolute Gasteiger partial charge is 0.383 e. The average Bonchev–Trinajstić information content (AvgIpc) is 2.40. The lowest BCUT2D eigenvalue weighted by molar-refractivity contribution is 0.0893. The molecule has 2 rings (SSSR count). The van der Waals surface area contributed by atoms with Crippen LogP contribution >= 0.6 is 0 Å². The molecule has 0 amide bonds. The molecule has 1 fully saturated rings. The Labute approximate surface area is 110 Å². The quantitative estimate of drug-likeness (QED) is 0.855. The highest BCUT2D eigenvalue weighted by Crippen LogP contribution is 2.12. The molecule has 100 valence electrons. The van der Waals surface area contributed by atoms with Crippen molar-refractivity contribution in [2.24, 2.45) is 0 Å². The van der Waals surface area contributed by atoms with Gasteiger partial charge in [-0.3, -0.25) is 4.90 Å². The number of hydrogen-bond acceptors (Lipinski definition) is 3. The van der Waals surface area contributed by atoms with Gasteiger partial charge in [-0.2, -0.15) is 0 Å². The number of ether oxygens (including phenoxy) is 1. The van der Waals surface area contributed by atoms with E-state index in [9.17, 15) is 0 Å². The Kier molecular flexibility index (Phi) is 5.17. The van der Waals surface area contributed by atoms with Crippen LogP contribution in [0.15, 0.2) is 30.3 Å². The molecular formula is C15H24N2O. The van der Waals surface area contributed by atoms with Crippen LogP contribution in [-0.4, -0.2) is 50.3 Å². The topological polar surface area (TPSA) is 24.5 Å². The number of piperazine rings is 1. The molecule has 1 aliphatic rings. The molecule has 0 spiro atoms. The maximum Gasteiger partial charge on any atom is 0.0589 e. The Hall–Kier alpha value is -0.900. The van der Waals surface area contributed by atoms with Gasteiger partial charge in [-0.05, 0) is 18.9 Å². The highest BCUT2D eigenvalue weighted by Gasteiger charge is 2.25. The molecule has 1 saturated heterocycles. The summed E-state index contributed by atoms with van der Waals surface area (Å²) in [5, 5.41) is 3.58. The van der Waals surface area contributed by atoms with E-state index in [2.05, 4.69) is 47.5 Å². The fourth-order valence-electron chi connectivity index (χ4n) is 2.60. The number of rotatable bonds is 5. The summed E-state index contributed by atoms with van der Waals surface area (Å²) in [5.41, 5.74) is 1.42. The van der Waals surface area contributed by atoms with Gasteiger partial charge >= 0.3 is 0 Å². The standard InChI is InChI=1S/C15H24N2O/c1-13-12-17(8-9-18-2)15(11-16-13)10-14-6-4-3-5-7-14/h3-7,13,15-16H,8-12H2,1-2H3. The van der Waals surface area contributed by atoms with Crippen LogP contribution in [0.3, 0.4) is 0 Å². The lowest BCUT2D eigenvalue weighted by Gasteiger charge is -2.39. The third-order valence-corrected chi connectivity index (χ3v) is 3.62. The van der Waals surface area contributed by atoms with E-state index in [-0.39, 0.29) is 0 Å². The molecule has 1 aromatic carbocycles. The van der Waals surface area contributed by atoms with Crippen molar-refractivity contribution in [2.45, 2.75) is 25.4 Å². The number of nitrogens with zero attached hydrogens (tertiary/aromatic N) is 1. The maximum absolute atomic E-state index is 5.22. The van der Waals surface area contributed by atoms with Crippen LogP contribution in [-0.2, 0) is 11.2 Å². The second-order valence-corrected chi connectivity index (χ2v) is 5.14. The fraction of sp³-hybridized carbons (Fsp3) is 0.600. The Morgan fingerprint density at radius 2 is 2.11 bits per heavy atom. The van der Waals surface area contributed by atoms with Gasteiger partial charge in [0.2, 0.25) is 0 Å². The Morgan fingerprint density at radius 1 is 1.33 bits per heavy atom. The predicted molar refractivity (Wildman–Crippen MR) is 74.8 cm³/mol. The van der Waals surface area contributed by atoms with Crippen LogP contribution < -0.4 is 5.32 Å². The van der Waals surface area contributed by atoms with E-state index in [4.69, 9.17) is 4.74 Å². The molecular weight excluding hydrogens is 224 g/mol. The monoisotopic (exact) mass is 248 g/mol. The van der Waals surface area contributed by atoms with Crippen molar-refractivity contribution in [3.63, 3.8) is 0 Å². The van der Waals surface area contributed by atoms with Crippen molar-refractivity contribution in [2.75, 3.05) is 33.4 Å². The van der Waals surface area contributed by atoms with E-state index in [0.717, 1.165) is 32.7 Å². The lowest BCUT2D eigenvalue weighted by Crippen LogP contribution is -2.56. The summed E-state index contributed by atoms with van der Waals surface area (Å²) in [4.78, 5) is 2.55. The van der Waals surface area contributed by atoms with Crippen LogP contribution in [0.4, 0.5) is 0 Å². The van der Waals surface area contributed by atoms with Crippen LogP contribution in [0.25, 0.3) is 0 Å². The second-order valence-electron chi connectivity index (χ2n) is 5.14. The fourth-order valence-corrected chi connectivity index (χ4v) is 2.60. The molecule has 0 aliphatic carbocycles. The van der Waals surface area contributed by atoms with Crippen molar-refractivity contribution in [1.82, 2.24) is 10.2 Å². The Morgan fingerprint density at radius 3 is 2.83 bits per heavy atom. The SMILES string of the molecule is COCCN1CC(C)NCC1Cc1ccccc1. The molecule has 0 radical (unpaired) electrons. The molecule has 1 N–H and O–H groups in total. The first-order valence-corrected chi connectivity index (χ1v) is 6.80. The minimum Gasteiger partial charge on any atom is -0.383 e. The van der Waals surface area contributed by atoms with E-state index in [0.29, 0.717) is 12.1 Å². The van der Waals surface area contributed by atoms with Gasteiger partial charge in [0.05, 0.1) is 6.61 Å². The Balaban J connectivity index is 1.95. The number of benzene rings is 1. The lowest BCUT2D eigenvalue weighted by atomic mass is 10.0. The predicted octanol–water partition coefficient (Wildman–Crippen LogP) is 1.54. The second kappa shape index (κ2) is 6.88. The van der Waals surface area contributed by atoms with E-state index >= 15 is 0 Å². The number of hydrogen-bond donors (Lipinski definition) is 1. The zero-order chi connectivity index (χ0) is 12.8. The molecule has 3 heteroatoms. The third kappa shape index (κ3) is 3.80. The van der Waals surface area contributed by atoms with Crippen LogP contribution in [0.2, 0.25) is 0 Å². The molecule has 0 saturated carbocycles. The zero-order valence-corrected chi connectivity index (χ0v) is 11.4. The van der Waals surface area contributed by atoms with E-state index in [1.165, 1.54) is 5.56 Å². The van der Waals surface area contributed by atoms with Crippen molar-refractivity contribution in [3.05, 3.63) is 35.9 Å². The summed E-state index contributed by atoms with van der Waals surface area (Å²) < 4.78 is 5.22. The molecule has 3 nitrogen and oxygen atoms in total. The molecule has 1 aromatic rings. The van der Waals surface area contributed by atoms with Crippen molar-refractivity contribution in [3.8, 4) is 0 Å². The van der Waals surface area contributed by atoms with Gasteiger partial charge in [0, 0.05) is 38.8 Å². The van der Waals surface area contributed by atoms with Gasteiger partial charge in [0.15, 0.2) is 0 Å². The first kappa shape index (κ1) is 13.5. The van der Waals surface area contributed by atoms with Gasteiger partial charge in [-0.25, -0.2) is 0 Å². The highest BCUT2D eigenvalue weighted by molar-refractivity contribution is 5.16. The molecule has 2 atom stereocenters. The molecule has 0 aromatic heterocycles. The zero-order valence-electron chi connectivity index (χ0n) is 11.4. The van der Waals surface area contributed by atoms with Gasteiger partial charge in [0.25, 0.3) is 0 Å². The molecule has 0 bridgehead atoms. The van der Waals surface area contributed by atoms with Crippen LogP contribution in [0.1, 0.15) is 12.5 Å². The highest BCUT2D eigenvalue weighted by atomic mass is 16.5. The third-order valence-electron chi connectivity index (χ3n) is 3.62. The molecule has 2 unspecified atom stereocenters. The van der Waals surface area contributed by atoms with Gasteiger partial charge < -0.3 is 10.1 Å². The summed E-state index contributed by atoms with van der Waals surface area (Å²) >= 11 is 0. The first-order valence-electron chi connectivity index (χ1n) is 6.80. The summed E-state index contributed by atoms with van der Waals surface area (Å²) in [7, 11) is 1.78. The van der Waals surface area contributed by atoms with Crippen LogP contribution in [0, 0.1) is 0 Å². The summed E-state index contributed by atoms with van der Waals surface area (Å²) in [6, 6.07) is 11.9. The van der Waals surface area contributed by atoms with Crippen LogP contribution in [0.5, 0.6) is 0 Å². The smallest absolute Gasteiger partial charge is 0.0589 e. The summed E-state index contributed by atoms with van der Waals surface area (Å²) in [6.07, 6.45) is 1.12. The summed E-state index contributed by atoms with van der Waals surface area (Å²) in [5.74, 6) is 0. The number of nitrogens with one attached hydrogen (secondary N) is 1. The maximum atomic E-state index is 5.22. The molecule has 1 heterocycles. The minimum atomic E-state index is 0.578. The normalized spacial score (nSPS) is 25.2. The first-order chi connectivity index (χ1) is 8.79. The Bertz CT molecular complexity index is 342. The number of methoxy groups -OCH3 is 1. The van der Waals surface area contributed by atoms with Gasteiger partial charge in [-0.15, -0.1) is 0 Å². The summed E-state index contributed by atoms with van der Waals surface area (Å²) in [6.45, 7) is 6.28. The van der Waals surface area contributed by atoms with Crippen molar-refractivity contribution in [1.29, 1.82) is 0 Å². The van der Waals surface area contributed by atoms with E-state index < -0.39 is 0 Å². The van der Waals surface area contributed by atoms with Crippen molar-refractivity contribution >= 4 is 0 Å². The van der Waals surface area contributed by atoms with E-state index in [1.807, 2.05) is 0 Å². The minimum absolute atomic E-state index is 0.578. The van der Waals surface area contributed by atoms with Gasteiger partial charge in [-0.1, -0.05) is 30.3 Å². The molecule has 18 heavy (non-hydrogen) atoms.